The maximum absolute atomic E-state index is 13.2. The Bertz CT molecular complexity index is 1500. The molecule has 2 aliphatic rings. The summed E-state index contributed by atoms with van der Waals surface area (Å²) >= 11 is 3.20. The van der Waals surface area contributed by atoms with Crippen molar-refractivity contribution in [1.29, 1.82) is 0 Å². The van der Waals surface area contributed by atoms with Gasteiger partial charge >= 0.3 is 11.6 Å². The molecule has 3 atom stereocenters. The largest absolute Gasteiger partial charge is 0.489 e. The number of ketones is 1. The number of benzene rings is 2. The summed E-state index contributed by atoms with van der Waals surface area (Å²) in [6, 6.07) is 17.4. The van der Waals surface area contributed by atoms with E-state index < -0.39 is 22.9 Å². The van der Waals surface area contributed by atoms with Crippen LogP contribution >= 0.6 is 23.5 Å². The first-order valence-electron chi connectivity index (χ1n) is 12.6. The number of carboxylic acid groups (broad SMARTS) is 1. The molecule has 10 heteroatoms. The normalized spacial score (nSPS) is 20.5. The zero-order valence-corrected chi connectivity index (χ0v) is 22.8. The van der Waals surface area contributed by atoms with Crippen LogP contribution in [-0.2, 0) is 20.8 Å². The van der Waals surface area contributed by atoms with Gasteiger partial charge in [0.15, 0.2) is 0 Å². The third kappa shape index (κ3) is 5.77. The minimum atomic E-state index is -1.20. The van der Waals surface area contributed by atoms with E-state index in [4.69, 9.17) is 9.15 Å². The molecule has 0 saturated carbocycles. The van der Waals surface area contributed by atoms with Crippen molar-refractivity contribution in [2.45, 2.75) is 30.4 Å². The van der Waals surface area contributed by atoms with E-state index >= 15 is 0 Å². The van der Waals surface area contributed by atoms with Crippen molar-refractivity contribution in [2.75, 3.05) is 18.1 Å². The minimum absolute atomic E-state index is 0.0414. The average Bonchev–Trinajstić information content (AvgIpc) is 2.93. The fraction of sp³-hybridized carbons (Fsp3) is 0.310. The molecule has 3 aromatic rings. The average molecular weight is 566 g/mol. The Balaban J connectivity index is 1.37. The highest BCUT2D eigenvalue weighted by molar-refractivity contribution is 8.03. The number of thioether (sulfide) groups is 2. The summed E-state index contributed by atoms with van der Waals surface area (Å²) in [6.45, 7) is 1.99. The molecule has 3 heterocycles. The number of ether oxygens (including phenoxy) is 1. The molecule has 0 bridgehead atoms. The number of hydrogen-bond acceptors (Lipinski definition) is 8. The Morgan fingerprint density at radius 1 is 1.10 bits per heavy atom. The van der Waals surface area contributed by atoms with Crippen molar-refractivity contribution in [2.24, 2.45) is 5.92 Å². The number of nitrogens with zero attached hydrogens (tertiary/aromatic N) is 1. The van der Waals surface area contributed by atoms with E-state index in [0.29, 0.717) is 22.7 Å². The number of fused-ring (bicyclic) bond motifs is 2. The highest BCUT2D eigenvalue weighted by Gasteiger charge is 2.55. The van der Waals surface area contributed by atoms with Gasteiger partial charge in [0.25, 0.3) is 0 Å². The van der Waals surface area contributed by atoms with Gasteiger partial charge in [-0.1, -0.05) is 37.3 Å². The summed E-state index contributed by atoms with van der Waals surface area (Å²) < 4.78 is 11.2. The summed E-state index contributed by atoms with van der Waals surface area (Å²) in [5.41, 5.74) is 1.23. The topological polar surface area (TPSA) is 114 Å². The van der Waals surface area contributed by atoms with Crippen molar-refractivity contribution in [3.63, 3.8) is 0 Å². The highest BCUT2D eigenvalue weighted by atomic mass is 32.2. The van der Waals surface area contributed by atoms with E-state index in [0.717, 1.165) is 16.7 Å². The van der Waals surface area contributed by atoms with E-state index in [1.54, 1.807) is 36.0 Å². The predicted molar refractivity (Wildman–Crippen MR) is 151 cm³/mol. The van der Waals surface area contributed by atoms with Crippen molar-refractivity contribution >= 4 is 52.2 Å². The molecule has 8 nitrogen and oxygen atoms in total. The minimum Gasteiger partial charge on any atom is -0.489 e. The summed E-state index contributed by atoms with van der Waals surface area (Å²) in [5, 5.41) is 10.3. The quantitative estimate of drug-likeness (QED) is 0.267. The van der Waals surface area contributed by atoms with Crippen LogP contribution in [0.1, 0.15) is 18.9 Å². The lowest BCUT2D eigenvalue weighted by atomic mass is 9.88. The number of Topliss-reactive ketones (excluding diaryl/α,β-unsaturated/α-hetero) is 1. The number of hydrogen-bond donors (Lipinski definition) is 1. The Morgan fingerprint density at radius 3 is 2.62 bits per heavy atom. The van der Waals surface area contributed by atoms with E-state index in [2.05, 4.69) is 0 Å². The molecular formula is C29H27NO7S2. The summed E-state index contributed by atoms with van der Waals surface area (Å²) in [4.78, 5) is 51.4. The summed E-state index contributed by atoms with van der Waals surface area (Å²) in [5.74, 6) is -0.230. The van der Waals surface area contributed by atoms with Crippen LogP contribution < -0.4 is 10.4 Å². The molecule has 0 unspecified atom stereocenters. The third-order valence-electron chi connectivity index (χ3n) is 6.75. The summed E-state index contributed by atoms with van der Waals surface area (Å²) in [6.07, 6.45) is 0.320. The molecule has 1 fully saturated rings. The molecule has 1 saturated heterocycles. The first-order chi connectivity index (χ1) is 18.9. The van der Waals surface area contributed by atoms with Gasteiger partial charge in [-0.25, -0.2) is 9.59 Å². The first-order valence-corrected chi connectivity index (χ1v) is 14.7. The maximum Gasteiger partial charge on any atom is 0.352 e. The standard InChI is InChI=1S/C29H27NO7S2/c1-2-38-16-24-22(15-36-20-10-8-18-9-11-25(32)37-23(18)14-20)26(29(34)35)30-27(33)21(28(30)39-24)13-19(31)12-17-6-4-3-5-7-17/h3-11,14,21,24,28H,2,12-13,15-16H2,1H3,(H,34,35)/t21-,24+,28-/m1/s1. The fourth-order valence-corrected chi connectivity index (χ4v) is 7.53. The van der Waals surface area contributed by atoms with Gasteiger partial charge in [0.2, 0.25) is 5.91 Å². The van der Waals surface area contributed by atoms with Gasteiger partial charge in [0.05, 0.1) is 11.3 Å². The van der Waals surface area contributed by atoms with Crippen molar-refractivity contribution < 1.29 is 28.6 Å². The second-order valence-corrected chi connectivity index (χ2v) is 12.0. The SMILES string of the molecule is CCSC[C@@H]1S[C@@H]2[C@H](CC(=O)Cc3ccccc3)C(=O)N2C(C(=O)O)=C1COc1ccc2ccc(=O)oc2c1. The van der Waals surface area contributed by atoms with Crippen LogP contribution in [-0.4, -0.2) is 56.4 Å². The zero-order chi connectivity index (χ0) is 27.5. The van der Waals surface area contributed by atoms with Crippen LogP contribution in [0.2, 0.25) is 0 Å². The molecule has 0 radical (unpaired) electrons. The van der Waals surface area contributed by atoms with Crippen LogP contribution in [0.3, 0.4) is 0 Å². The number of aliphatic carboxylic acids is 1. The van der Waals surface area contributed by atoms with Gasteiger partial charge in [-0.05, 0) is 29.5 Å². The second kappa shape index (κ2) is 11.7. The summed E-state index contributed by atoms with van der Waals surface area (Å²) in [7, 11) is 0. The number of carbonyl (C=O) groups excluding carboxylic acids is 2. The number of carboxylic acids is 1. The smallest absolute Gasteiger partial charge is 0.352 e. The highest BCUT2D eigenvalue weighted by Crippen LogP contribution is 2.49. The van der Waals surface area contributed by atoms with Crippen LogP contribution in [0, 0.1) is 5.92 Å². The van der Waals surface area contributed by atoms with Crippen molar-refractivity contribution in [3.05, 3.63) is 87.9 Å². The molecule has 0 spiro atoms. The van der Waals surface area contributed by atoms with Crippen LogP contribution in [0.5, 0.6) is 5.75 Å². The Labute approximate surface area is 233 Å². The third-order valence-corrected chi connectivity index (χ3v) is 9.53. The molecule has 2 aliphatic heterocycles. The molecular weight excluding hydrogens is 538 g/mol. The second-order valence-electron chi connectivity index (χ2n) is 9.32. The molecule has 202 valence electrons. The van der Waals surface area contributed by atoms with Gasteiger partial charge in [-0.3, -0.25) is 14.5 Å². The number of carbonyl (C=O) groups is 3. The molecule has 1 N–H and O–H groups in total. The van der Waals surface area contributed by atoms with E-state index in [1.807, 2.05) is 37.3 Å². The van der Waals surface area contributed by atoms with E-state index in [1.165, 1.54) is 22.7 Å². The fourth-order valence-electron chi connectivity index (χ4n) is 4.86. The molecule has 39 heavy (non-hydrogen) atoms. The van der Waals surface area contributed by atoms with Crippen LogP contribution in [0.4, 0.5) is 0 Å². The van der Waals surface area contributed by atoms with Crippen molar-refractivity contribution in [3.8, 4) is 5.75 Å². The predicted octanol–water partition coefficient (Wildman–Crippen LogP) is 4.37. The van der Waals surface area contributed by atoms with Crippen LogP contribution in [0.15, 0.2) is 81.1 Å². The Hall–Kier alpha value is -3.50. The number of rotatable bonds is 11. The lowest BCUT2D eigenvalue weighted by molar-refractivity contribution is -0.154. The maximum atomic E-state index is 13.2. The number of amides is 1. The lowest BCUT2D eigenvalue weighted by Gasteiger charge is -2.51. The molecule has 1 amide bonds. The number of β-lactam (4-membered cyclic amide) rings is 1. The molecule has 1 aromatic heterocycles. The monoisotopic (exact) mass is 565 g/mol. The van der Waals surface area contributed by atoms with Crippen LogP contribution in [0.25, 0.3) is 11.0 Å². The van der Waals surface area contributed by atoms with Gasteiger partial charge in [-0.2, -0.15) is 11.8 Å². The first kappa shape index (κ1) is 27.1. The molecule has 0 aliphatic carbocycles. The van der Waals surface area contributed by atoms with E-state index in [9.17, 15) is 24.3 Å². The van der Waals surface area contributed by atoms with E-state index in [-0.39, 0.29) is 42.1 Å². The lowest BCUT2D eigenvalue weighted by Crippen LogP contribution is -2.63. The Kier molecular flexibility index (Phi) is 8.13. The van der Waals surface area contributed by atoms with Crippen molar-refractivity contribution in [1.82, 2.24) is 4.90 Å². The molecule has 5 rings (SSSR count). The van der Waals surface area contributed by atoms with Gasteiger partial charge in [-0.15, -0.1) is 11.8 Å². The Morgan fingerprint density at radius 2 is 1.87 bits per heavy atom. The van der Waals surface area contributed by atoms with Gasteiger partial charge in [0, 0.05) is 46.9 Å². The van der Waals surface area contributed by atoms with Gasteiger partial charge < -0.3 is 14.3 Å². The molecule has 2 aromatic carbocycles. The van der Waals surface area contributed by atoms with Gasteiger partial charge in [0.1, 0.15) is 29.4 Å². The zero-order valence-electron chi connectivity index (χ0n) is 21.2.